The van der Waals surface area contributed by atoms with Gasteiger partial charge in [0, 0.05) is 51.0 Å². The van der Waals surface area contributed by atoms with Gasteiger partial charge < -0.3 is 14.7 Å². The van der Waals surface area contributed by atoms with Crippen LogP contribution in [0.4, 0.5) is 0 Å². The molecule has 2 aromatic rings. The molecule has 0 aliphatic carbocycles. The van der Waals surface area contributed by atoms with Crippen LogP contribution in [0.3, 0.4) is 0 Å². The number of nitrogens with zero attached hydrogens (tertiary/aromatic N) is 6. The number of aromatic amines is 1. The summed E-state index contributed by atoms with van der Waals surface area (Å²) in [5, 5.41) is 18.7. The number of hydrogen-bond donors (Lipinski definition) is 2. The van der Waals surface area contributed by atoms with Crippen LogP contribution in [0.1, 0.15) is 48.9 Å². The first-order valence-electron chi connectivity index (χ1n) is 9.67. The van der Waals surface area contributed by atoms with Crippen molar-refractivity contribution < 1.29 is 5.11 Å². The maximum atomic E-state index is 9.67. The molecule has 0 saturated carbocycles. The van der Waals surface area contributed by atoms with Gasteiger partial charge in [0.1, 0.15) is 11.6 Å². The van der Waals surface area contributed by atoms with E-state index in [2.05, 4.69) is 41.6 Å². The minimum Gasteiger partial charge on any atom is -0.393 e. The normalized spacial score (nSPS) is 23.5. The third-order valence-corrected chi connectivity index (χ3v) is 5.74. The van der Waals surface area contributed by atoms with Gasteiger partial charge in [0.05, 0.1) is 19.0 Å². The van der Waals surface area contributed by atoms with Crippen molar-refractivity contribution in [2.45, 2.75) is 50.8 Å². The van der Waals surface area contributed by atoms with E-state index in [0.29, 0.717) is 5.92 Å². The Kier molecular flexibility index (Phi) is 5.33. The molecule has 142 valence electrons. The molecule has 2 fully saturated rings. The molecule has 4 rings (SSSR count). The van der Waals surface area contributed by atoms with Gasteiger partial charge in [-0.15, -0.1) is 10.2 Å². The minimum atomic E-state index is -0.135. The van der Waals surface area contributed by atoms with Crippen LogP contribution >= 0.6 is 0 Å². The Labute approximate surface area is 154 Å². The fraction of sp³-hybridized carbons (Fsp3) is 0.722. The van der Waals surface area contributed by atoms with Crippen molar-refractivity contribution in [2.24, 2.45) is 7.05 Å². The third kappa shape index (κ3) is 3.97. The number of aromatic nitrogens is 5. The second kappa shape index (κ2) is 7.85. The predicted octanol–water partition coefficient (Wildman–Crippen LogP) is 0.874. The highest BCUT2D eigenvalue weighted by Gasteiger charge is 2.27. The Balaban J connectivity index is 1.38. The number of H-pyrrole nitrogens is 1. The predicted molar refractivity (Wildman–Crippen MR) is 97.4 cm³/mol. The van der Waals surface area contributed by atoms with E-state index in [4.69, 9.17) is 0 Å². The fourth-order valence-electron chi connectivity index (χ4n) is 4.17. The summed E-state index contributed by atoms with van der Waals surface area (Å²) >= 11 is 0. The summed E-state index contributed by atoms with van der Waals surface area (Å²) in [6, 6.07) is 0. The molecule has 8 heteroatoms. The summed E-state index contributed by atoms with van der Waals surface area (Å²) in [5.41, 5.74) is 1.16. The number of piperidine rings is 2. The van der Waals surface area contributed by atoms with Gasteiger partial charge in [0.15, 0.2) is 0 Å². The van der Waals surface area contributed by atoms with Crippen LogP contribution in [-0.4, -0.2) is 71.9 Å². The number of imidazole rings is 1. The van der Waals surface area contributed by atoms with Crippen molar-refractivity contribution in [3.05, 3.63) is 29.9 Å². The number of aliphatic hydroxyl groups excluding tert-OH is 1. The SMILES string of the molecule is Cn1c(CN2CCC(O)CC2)nnc1C1CCCN(Cc2cnc[nH]2)C1. The van der Waals surface area contributed by atoms with Crippen LogP contribution in [0.25, 0.3) is 0 Å². The van der Waals surface area contributed by atoms with Crippen molar-refractivity contribution in [2.75, 3.05) is 26.2 Å². The van der Waals surface area contributed by atoms with Crippen LogP contribution < -0.4 is 0 Å². The van der Waals surface area contributed by atoms with Gasteiger partial charge in [-0.25, -0.2) is 4.98 Å². The number of nitrogens with one attached hydrogen (secondary N) is 1. The molecule has 0 radical (unpaired) electrons. The second-order valence-corrected chi connectivity index (χ2v) is 7.69. The maximum Gasteiger partial charge on any atom is 0.146 e. The summed E-state index contributed by atoms with van der Waals surface area (Å²) < 4.78 is 2.19. The molecule has 1 unspecified atom stereocenters. The average molecular weight is 359 g/mol. The summed E-state index contributed by atoms with van der Waals surface area (Å²) in [6.07, 6.45) is 7.58. The molecule has 1 atom stereocenters. The molecule has 26 heavy (non-hydrogen) atoms. The molecular weight excluding hydrogens is 330 g/mol. The maximum absolute atomic E-state index is 9.67. The highest BCUT2D eigenvalue weighted by Crippen LogP contribution is 2.27. The Morgan fingerprint density at radius 3 is 2.73 bits per heavy atom. The smallest absolute Gasteiger partial charge is 0.146 e. The molecule has 8 nitrogen and oxygen atoms in total. The third-order valence-electron chi connectivity index (χ3n) is 5.74. The van der Waals surface area contributed by atoms with Crippen molar-refractivity contribution >= 4 is 0 Å². The van der Waals surface area contributed by atoms with E-state index < -0.39 is 0 Å². The summed E-state index contributed by atoms with van der Waals surface area (Å²) in [4.78, 5) is 12.1. The first-order valence-corrected chi connectivity index (χ1v) is 9.67. The topological polar surface area (TPSA) is 86.1 Å². The summed E-state index contributed by atoms with van der Waals surface area (Å²) in [7, 11) is 2.09. The van der Waals surface area contributed by atoms with E-state index in [9.17, 15) is 5.11 Å². The van der Waals surface area contributed by atoms with E-state index in [-0.39, 0.29) is 6.10 Å². The zero-order valence-electron chi connectivity index (χ0n) is 15.5. The molecule has 4 heterocycles. The van der Waals surface area contributed by atoms with Gasteiger partial charge in [-0.2, -0.15) is 0 Å². The summed E-state index contributed by atoms with van der Waals surface area (Å²) in [5.74, 6) is 2.56. The Morgan fingerprint density at radius 2 is 1.96 bits per heavy atom. The van der Waals surface area contributed by atoms with Crippen LogP contribution in [-0.2, 0) is 20.1 Å². The lowest BCUT2D eigenvalue weighted by molar-refractivity contribution is 0.0775. The van der Waals surface area contributed by atoms with E-state index >= 15 is 0 Å². The van der Waals surface area contributed by atoms with Gasteiger partial charge in [0.25, 0.3) is 0 Å². The Hall–Kier alpha value is -1.77. The standard InChI is InChI=1S/C18H29N7O/c1-23-17(12-24-7-4-16(26)5-8-24)21-22-18(23)14-3-2-6-25(10-14)11-15-9-19-13-20-15/h9,13-14,16,26H,2-8,10-12H2,1H3,(H,19,20). The molecule has 2 saturated heterocycles. The Bertz CT molecular complexity index is 690. The molecule has 0 aromatic carbocycles. The fourth-order valence-corrected chi connectivity index (χ4v) is 4.17. The quantitative estimate of drug-likeness (QED) is 0.824. The number of likely N-dealkylation sites (tertiary alicyclic amines) is 2. The van der Waals surface area contributed by atoms with Crippen LogP contribution in [0.2, 0.25) is 0 Å². The molecule has 2 aliphatic rings. The van der Waals surface area contributed by atoms with Gasteiger partial charge >= 0.3 is 0 Å². The molecule has 0 spiro atoms. The van der Waals surface area contributed by atoms with Gasteiger partial charge in [-0.3, -0.25) is 9.80 Å². The molecular formula is C18H29N7O. The summed E-state index contributed by atoms with van der Waals surface area (Å²) in [6.45, 7) is 5.74. The molecule has 0 amide bonds. The molecule has 2 aromatic heterocycles. The highest BCUT2D eigenvalue weighted by molar-refractivity contribution is 5.05. The highest BCUT2D eigenvalue weighted by atomic mass is 16.3. The first kappa shape index (κ1) is 17.6. The lowest BCUT2D eigenvalue weighted by Crippen LogP contribution is -2.36. The minimum absolute atomic E-state index is 0.135. The number of rotatable bonds is 5. The van der Waals surface area contributed by atoms with Crippen LogP contribution in [0.15, 0.2) is 12.5 Å². The van der Waals surface area contributed by atoms with Gasteiger partial charge in [-0.1, -0.05) is 0 Å². The van der Waals surface area contributed by atoms with Crippen molar-refractivity contribution in [1.82, 2.24) is 34.5 Å². The zero-order chi connectivity index (χ0) is 17.9. The number of aliphatic hydroxyl groups is 1. The average Bonchev–Trinajstić information content (AvgIpc) is 3.28. The largest absolute Gasteiger partial charge is 0.393 e. The van der Waals surface area contributed by atoms with E-state index in [1.807, 2.05) is 6.20 Å². The van der Waals surface area contributed by atoms with Crippen molar-refractivity contribution in [1.29, 1.82) is 0 Å². The van der Waals surface area contributed by atoms with Crippen molar-refractivity contribution in [3.8, 4) is 0 Å². The molecule has 0 bridgehead atoms. The van der Waals surface area contributed by atoms with Gasteiger partial charge in [-0.05, 0) is 32.2 Å². The monoisotopic (exact) mass is 359 g/mol. The van der Waals surface area contributed by atoms with E-state index in [0.717, 1.165) is 69.5 Å². The molecule has 2 N–H and O–H groups in total. The zero-order valence-corrected chi connectivity index (χ0v) is 15.5. The van der Waals surface area contributed by atoms with Crippen LogP contribution in [0, 0.1) is 0 Å². The van der Waals surface area contributed by atoms with E-state index in [1.54, 1.807) is 6.33 Å². The lowest BCUT2D eigenvalue weighted by Gasteiger charge is -2.32. The lowest BCUT2D eigenvalue weighted by atomic mass is 9.97. The second-order valence-electron chi connectivity index (χ2n) is 7.69. The Morgan fingerprint density at radius 1 is 1.12 bits per heavy atom. The van der Waals surface area contributed by atoms with Crippen molar-refractivity contribution in [3.63, 3.8) is 0 Å². The van der Waals surface area contributed by atoms with Crippen LogP contribution in [0.5, 0.6) is 0 Å². The van der Waals surface area contributed by atoms with E-state index in [1.165, 1.54) is 12.8 Å². The first-order chi connectivity index (χ1) is 12.7. The van der Waals surface area contributed by atoms with Gasteiger partial charge in [0.2, 0.25) is 0 Å². The molecule has 2 aliphatic heterocycles. The number of hydrogen-bond acceptors (Lipinski definition) is 6.